The average Bonchev–Trinajstić information content (AvgIpc) is 2.28. The number of aromatic nitrogens is 1. The zero-order valence-corrected chi connectivity index (χ0v) is 9.90. The number of carboxylic acids is 1. The molecule has 0 aliphatic rings. The third-order valence-electron chi connectivity index (χ3n) is 2.43. The molecule has 0 unspecified atom stereocenters. The Balaban J connectivity index is 2.60. The molecule has 0 fully saturated rings. The van der Waals surface area contributed by atoms with Gasteiger partial charge in [0.15, 0.2) is 0 Å². The number of carboxylic acid groups (broad SMARTS) is 1. The van der Waals surface area contributed by atoms with Crippen LogP contribution in [0.25, 0.3) is 17.0 Å². The van der Waals surface area contributed by atoms with E-state index in [0.29, 0.717) is 10.7 Å². The van der Waals surface area contributed by atoms with Crippen molar-refractivity contribution in [1.82, 2.24) is 4.98 Å². The number of rotatable bonds is 2. The van der Waals surface area contributed by atoms with Crippen LogP contribution >= 0.6 is 11.6 Å². The Morgan fingerprint density at radius 2 is 2.24 bits per heavy atom. The van der Waals surface area contributed by atoms with Crippen molar-refractivity contribution in [2.24, 2.45) is 0 Å². The fraction of sp³-hybridized carbons (Fsp3) is 0.0769. The Hall–Kier alpha value is -1.87. The Bertz CT molecular complexity index is 620. The molecule has 0 amide bonds. The van der Waals surface area contributed by atoms with Crippen LogP contribution in [0.5, 0.6) is 0 Å². The second-order valence-corrected chi connectivity index (χ2v) is 4.04. The van der Waals surface area contributed by atoms with Gasteiger partial charge in [0.25, 0.3) is 0 Å². The number of pyridine rings is 1. The van der Waals surface area contributed by atoms with Gasteiger partial charge >= 0.3 is 5.97 Å². The van der Waals surface area contributed by atoms with Gasteiger partial charge in [0.1, 0.15) is 5.15 Å². The molecule has 1 aromatic heterocycles. The zero-order chi connectivity index (χ0) is 12.4. The topological polar surface area (TPSA) is 50.2 Å². The van der Waals surface area contributed by atoms with Crippen LogP contribution < -0.4 is 0 Å². The lowest BCUT2D eigenvalue weighted by atomic mass is 10.1. The summed E-state index contributed by atoms with van der Waals surface area (Å²) in [7, 11) is 0. The number of halogens is 1. The number of fused-ring (bicyclic) bond motifs is 1. The fourth-order valence-corrected chi connectivity index (χ4v) is 1.82. The van der Waals surface area contributed by atoms with Gasteiger partial charge in [-0.3, -0.25) is 0 Å². The van der Waals surface area contributed by atoms with Crippen molar-refractivity contribution < 1.29 is 9.90 Å². The highest BCUT2D eigenvalue weighted by atomic mass is 35.5. The minimum Gasteiger partial charge on any atom is -0.478 e. The number of aliphatic carboxylic acids is 1. The molecule has 3 nitrogen and oxygen atoms in total. The number of hydrogen-bond acceptors (Lipinski definition) is 2. The lowest BCUT2D eigenvalue weighted by molar-refractivity contribution is -0.131. The molecule has 0 saturated carbocycles. The molecule has 0 atom stereocenters. The smallest absolute Gasteiger partial charge is 0.328 e. The van der Waals surface area contributed by atoms with Gasteiger partial charge in [0.05, 0.1) is 5.52 Å². The Labute approximate surface area is 103 Å². The average molecular weight is 248 g/mol. The Kier molecular flexibility index (Phi) is 3.11. The molecule has 0 spiro atoms. The van der Waals surface area contributed by atoms with Gasteiger partial charge in [0.2, 0.25) is 0 Å². The van der Waals surface area contributed by atoms with Crippen molar-refractivity contribution >= 4 is 34.5 Å². The molecule has 86 valence electrons. The first-order valence-corrected chi connectivity index (χ1v) is 5.42. The first-order valence-electron chi connectivity index (χ1n) is 5.05. The van der Waals surface area contributed by atoms with Gasteiger partial charge in [-0.2, -0.15) is 0 Å². The molecule has 0 aliphatic carbocycles. The standard InChI is InChI=1S/C13H10ClNO2/c1-8-3-2-4-9-7-10(5-6-11(16)17)13(14)15-12(8)9/h2-7H,1H3,(H,16,17)/b6-5+. The summed E-state index contributed by atoms with van der Waals surface area (Å²) in [6, 6.07) is 7.64. The van der Waals surface area contributed by atoms with Crippen molar-refractivity contribution in [2.45, 2.75) is 6.92 Å². The van der Waals surface area contributed by atoms with Gasteiger partial charge in [-0.25, -0.2) is 9.78 Å². The molecule has 0 saturated heterocycles. The van der Waals surface area contributed by atoms with Gasteiger partial charge in [-0.15, -0.1) is 0 Å². The molecule has 0 aliphatic heterocycles. The zero-order valence-electron chi connectivity index (χ0n) is 9.14. The van der Waals surface area contributed by atoms with Crippen LogP contribution in [0.1, 0.15) is 11.1 Å². The number of benzene rings is 1. The van der Waals surface area contributed by atoms with Crippen molar-refractivity contribution in [2.75, 3.05) is 0 Å². The molecular formula is C13H10ClNO2. The van der Waals surface area contributed by atoms with Crippen molar-refractivity contribution in [3.05, 3.63) is 46.6 Å². The van der Waals surface area contributed by atoms with Crippen LogP contribution in [0.3, 0.4) is 0 Å². The number of para-hydroxylation sites is 1. The Morgan fingerprint density at radius 1 is 1.47 bits per heavy atom. The molecule has 1 aromatic carbocycles. The fourth-order valence-electron chi connectivity index (χ4n) is 1.62. The van der Waals surface area contributed by atoms with E-state index in [4.69, 9.17) is 16.7 Å². The van der Waals surface area contributed by atoms with Gasteiger partial charge in [0, 0.05) is 17.0 Å². The molecule has 4 heteroatoms. The molecule has 2 aromatic rings. The monoisotopic (exact) mass is 247 g/mol. The van der Waals surface area contributed by atoms with Crippen LogP contribution in [0.15, 0.2) is 30.3 Å². The first kappa shape index (κ1) is 11.6. The van der Waals surface area contributed by atoms with Crippen molar-refractivity contribution in [3.8, 4) is 0 Å². The van der Waals surface area contributed by atoms with E-state index in [9.17, 15) is 4.79 Å². The largest absolute Gasteiger partial charge is 0.478 e. The summed E-state index contributed by atoms with van der Waals surface area (Å²) in [5.41, 5.74) is 2.48. The predicted octanol–water partition coefficient (Wildman–Crippen LogP) is 3.29. The number of aryl methyl sites for hydroxylation is 1. The lowest BCUT2D eigenvalue weighted by Crippen LogP contribution is -1.89. The molecule has 1 heterocycles. The highest BCUT2D eigenvalue weighted by Crippen LogP contribution is 2.23. The minimum absolute atomic E-state index is 0.310. The van der Waals surface area contributed by atoms with E-state index >= 15 is 0 Å². The van der Waals surface area contributed by atoms with Gasteiger partial charge in [-0.05, 0) is 24.6 Å². The maximum Gasteiger partial charge on any atom is 0.328 e. The molecular weight excluding hydrogens is 238 g/mol. The van der Waals surface area contributed by atoms with Crippen LogP contribution in [0.2, 0.25) is 5.15 Å². The van der Waals surface area contributed by atoms with E-state index in [-0.39, 0.29) is 0 Å². The van der Waals surface area contributed by atoms with Crippen LogP contribution in [0, 0.1) is 6.92 Å². The summed E-state index contributed by atoms with van der Waals surface area (Å²) >= 11 is 6.00. The third-order valence-corrected chi connectivity index (χ3v) is 2.74. The summed E-state index contributed by atoms with van der Waals surface area (Å²) in [6.45, 7) is 1.96. The summed E-state index contributed by atoms with van der Waals surface area (Å²) in [4.78, 5) is 14.7. The second kappa shape index (κ2) is 4.55. The molecule has 0 bridgehead atoms. The summed E-state index contributed by atoms with van der Waals surface area (Å²) < 4.78 is 0. The van der Waals surface area contributed by atoms with E-state index < -0.39 is 5.97 Å². The summed E-state index contributed by atoms with van der Waals surface area (Å²) in [5, 5.41) is 9.83. The van der Waals surface area contributed by atoms with Crippen LogP contribution in [0.4, 0.5) is 0 Å². The number of nitrogens with zero attached hydrogens (tertiary/aromatic N) is 1. The second-order valence-electron chi connectivity index (χ2n) is 3.69. The van der Waals surface area contributed by atoms with Crippen LogP contribution in [-0.4, -0.2) is 16.1 Å². The van der Waals surface area contributed by atoms with E-state index in [2.05, 4.69) is 4.98 Å². The molecule has 2 rings (SSSR count). The molecule has 1 N–H and O–H groups in total. The van der Waals surface area contributed by atoms with Gasteiger partial charge in [-0.1, -0.05) is 29.8 Å². The SMILES string of the molecule is Cc1cccc2cc(/C=C/C(=O)O)c(Cl)nc12. The van der Waals surface area contributed by atoms with E-state index in [1.807, 2.05) is 31.2 Å². The van der Waals surface area contributed by atoms with Crippen molar-refractivity contribution in [1.29, 1.82) is 0 Å². The quantitative estimate of drug-likeness (QED) is 0.654. The van der Waals surface area contributed by atoms with E-state index in [0.717, 1.165) is 22.5 Å². The number of hydrogen-bond donors (Lipinski definition) is 1. The molecule has 17 heavy (non-hydrogen) atoms. The number of carbonyl (C=O) groups is 1. The Morgan fingerprint density at radius 3 is 2.94 bits per heavy atom. The van der Waals surface area contributed by atoms with Crippen molar-refractivity contribution in [3.63, 3.8) is 0 Å². The molecule has 0 radical (unpaired) electrons. The van der Waals surface area contributed by atoms with E-state index in [1.165, 1.54) is 6.08 Å². The third kappa shape index (κ3) is 2.45. The summed E-state index contributed by atoms with van der Waals surface area (Å²) in [6.07, 6.45) is 2.49. The first-order chi connectivity index (χ1) is 8.08. The maximum absolute atomic E-state index is 10.5. The highest BCUT2D eigenvalue weighted by molar-refractivity contribution is 6.31. The normalized spacial score (nSPS) is 11.2. The maximum atomic E-state index is 10.5. The highest BCUT2D eigenvalue weighted by Gasteiger charge is 2.04. The summed E-state index contributed by atoms with van der Waals surface area (Å²) in [5.74, 6) is -1.01. The van der Waals surface area contributed by atoms with E-state index in [1.54, 1.807) is 0 Å². The minimum atomic E-state index is -1.01. The predicted molar refractivity (Wildman–Crippen MR) is 68.2 cm³/mol. The lowest BCUT2D eigenvalue weighted by Gasteiger charge is -2.04. The van der Waals surface area contributed by atoms with Crippen LogP contribution in [-0.2, 0) is 4.79 Å². The van der Waals surface area contributed by atoms with Gasteiger partial charge < -0.3 is 5.11 Å².